The molecule has 2 nitrogen and oxygen atoms in total. The van der Waals surface area contributed by atoms with Crippen molar-refractivity contribution in [2.75, 3.05) is 13.1 Å². The summed E-state index contributed by atoms with van der Waals surface area (Å²) in [6.07, 6.45) is 8.38. The molecule has 3 heteroatoms. The molecule has 2 aliphatic heterocycles. The first kappa shape index (κ1) is 11.7. The van der Waals surface area contributed by atoms with E-state index in [9.17, 15) is 0 Å². The number of piperidine rings is 2. The van der Waals surface area contributed by atoms with Gasteiger partial charge in [-0.05, 0) is 38.8 Å². The Labute approximate surface area is 95.5 Å². The monoisotopic (exact) mass is 363 g/mol. The van der Waals surface area contributed by atoms with Gasteiger partial charge in [0.25, 0.3) is 0 Å². The predicted octanol–water partition coefficient (Wildman–Crippen LogP) is 1.27. The van der Waals surface area contributed by atoms with E-state index in [4.69, 9.17) is 0 Å². The van der Waals surface area contributed by atoms with Gasteiger partial charge in [-0.2, -0.15) is 0 Å². The van der Waals surface area contributed by atoms with Crippen LogP contribution < -0.4 is 10.6 Å². The largest absolute Gasteiger partial charge is 0.312 e. The number of rotatable bonds is 1. The van der Waals surface area contributed by atoms with Crippen LogP contribution in [0.5, 0.6) is 0 Å². The summed E-state index contributed by atoms with van der Waals surface area (Å²) < 4.78 is 0. The molecule has 2 saturated heterocycles. The Balaban J connectivity index is 0.000000845. The minimum absolute atomic E-state index is 0. The minimum Gasteiger partial charge on any atom is -0.312 e. The first-order chi connectivity index (χ1) is 5.97. The minimum atomic E-state index is 0. The fraction of sp³-hybridized carbons (Fsp3) is 1.00. The first-order valence-electron chi connectivity index (χ1n) is 5.43. The first-order valence-corrected chi connectivity index (χ1v) is 5.43. The Bertz CT molecular complexity index is 113. The van der Waals surface area contributed by atoms with E-state index < -0.39 is 0 Å². The van der Waals surface area contributed by atoms with Crippen LogP contribution in [0, 0.1) is 0 Å². The van der Waals surface area contributed by atoms with Crippen molar-refractivity contribution in [3.63, 3.8) is 0 Å². The standard InChI is InChI=1S/C10H20N2.Pt/c1-3-7-11-9(5-1)10-6-2-4-8-12-10;/h9-12H,1-8H2;. The van der Waals surface area contributed by atoms with Gasteiger partial charge in [0.1, 0.15) is 0 Å². The summed E-state index contributed by atoms with van der Waals surface area (Å²) in [4.78, 5) is 0. The third-order valence-electron chi connectivity index (χ3n) is 3.18. The van der Waals surface area contributed by atoms with Gasteiger partial charge in [-0.3, -0.25) is 0 Å². The molecule has 0 aromatic carbocycles. The molecule has 0 spiro atoms. The van der Waals surface area contributed by atoms with Gasteiger partial charge in [0.15, 0.2) is 0 Å². The number of nitrogens with one attached hydrogen (secondary N) is 2. The van der Waals surface area contributed by atoms with E-state index in [1.807, 2.05) is 0 Å². The van der Waals surface area contributed by atoms with Gasteiger partial charge in [-0.25, -0.2) is 0 Å². The smallest absolute Gasteiger partial charge is 0.0221 e. The Kier molecular flexibility index (Phi) is 5.53. The SMILES string of the molecule is C1CCC(C2CCCCN2)NC1.[Pt]. The van der Waals surface area contributed by atoms with Crippen LogP contribution in [-0.4, -0.2) is 25.2 Å². The van der Waals surface area contributed by atoms with Crippen molar-refractivity contribution in [1.82, 2.24) is 10.6 Å². The average molecular weight is 363 g/mol. The third-order valence-corrected chi connectivity index (χ3v) is 3.18. The van der Waals surface area contributed by atoms with Gasteiger partial charge in [-0.15, -0.1) is 0 Å². The molecule has 0 amide bonds. The second-order valence-electron chi connectivity index (χ2n) is 4.11. The molecule has 0 aliphatic carbocycles. The second kappa shape index (κ2) is 6.16. The van der Waals surface area contributed by atoms with E-state index in [2.05, 4.69) is 10.6 Å². The van der Waals surface area contributed by atoms with Gasteiger partial charge in [-0.1, -0.05) is 12.8 Å². The van der Waals surface area contributed by atoms with Crippen LogP contribution in [0.4, 0.5) is 0 Å². The molecule has 2 N–H and O–H groups in total. The molecule has 80 valence electrons. The van der Waals surface area contributed by atoms with Gasteiger partial charge >= 0.3 is 0 Å². The van der Waals surface area contributed by atoms with E-state index in [-0.39, 0.29) is 21.1 Å². The summed E-state index contributed by atoms with van der Waals surface area (Å²) in [5.41, 5.74) is 0. The Morgan fingerprint density at radius 1 is 0.692 bits per heavy atom. The molecule has 0 bridgehead atoms. The molecule has 2 unspecified atom stereocenters. The summed E-state index contributed by atoms with van der Waals surface area (Å²) in [5, 5.41) is 7.25. The summed E-state index contributed by atoms with van der Waals surface area (Å²) >= 11 is 0. The average Bonchev–Trinajstić information content (AvgIpc) is 2.21. The zero-order valence-corrected chi connectivity index (χ0v) is 10.4. The van der Waals surface area contributed by atoms with Crippen molar-refractivity contribution in [2.24, 2.45) is 0 Å². The fourth-order valence-corrected chi connectivity index (χ4v) is 2.44. The maximum atomic E-state index is 3.63. The van der Waals surface area contributed by atoms with E-state index in [0.29, 0.717) is 0 Å². The molecular weight excluding hydrogens is 343 g/mol. The summed E-state index contributed by atoms with van der Waals surface area (Å²) in [7, 11) is 0. The van der Waals surface area contributed by atoms with Crippen LogP contribution in [0.2, 0.25) is 0 Å². The molecule has 2 aliphatic rings. The molecule has 2 heterocycles. The maximum absolute atomic E-state index is 3.63. The Morgan fingerprint density at radius 3 is 1.46 bits per heavy atom. The van der Waals surface area contributed by atoms with E-state index >= 15 is 0 Å². The van der Waals surface area contributed by atoms with Crippen molar-refractivity contribution >= 4 is 0 Å². The van der Waals surface area contributed by atoms with Gasteiger partial charge < -0.3 is 10.6 Å². The van der Waals surface area contributed by atoms with Crippen LogP contribution in [0.25, 0.3) is 0 Å². The molecular formula is C10H20N2Pt. The van der Waals surface area contributed by atoms with Crippen LogP contribution in [0.3, 0.4) is 0 Å². The zero-order chi connectivity index (χ0) is 8.23. The summed E-state index contributed by atoms with van der Waals surface area (Å²) in [6.45, 7) is 2.48. The van der Waals surface area contributed by atoms with Crippen LogP contribution in [0.15, 0.2) is 0 Å². The predicted molar refractivity (Wildman–Crippen MR) is 51.3 cm³/mol. The fourth-order valence-electron chi connectivity index (χ4n) is 2.44. The van der Waals surface area contributed by atoms with Crippen molar-refractivity contribution in [3.8, 4) is 0 Å². The van der Waals surface area contributed by atoms with Crippen molar-refractivity contribution < 1.29 is 21.1 Å². The maximum Gasteiger partial charge on any atom is 0.0221 e. The third kappa shape index (κ3) is 3.34. The van der Waals surface area contributed by atoms with E-state index in [0.717, 1.165) is 12.1 Å². The molecule has 2 atom stereocenters. The van der Waals surface area contributed by atoms with Crippen molar-refractivity contribution in [2.45, 2.75) is 50.6 Å². The molecule has 2 fully saturated rings. The van der Waals surface area contributed by atoms with Crippen molar-refractivity contribution in [1.29, 1.82) is 0 Å². The molecule has 0 radical (unpaired) electrons. The van der Waals surface area contributed by atoms with Gasteiger partial charge in [0.05, 0.1) is 0 Å². The summed E-state index contributed by atoms with van der Waals surface area (Å²) in [5.74, 6) is 0. The molecule has 13 heavy (non-hydrogen) atoms. The number of hydrogen-bond donors (Lipinski definition) is 2. The Hall–Kier alpha value is 0.608. The normalized spacial score (nSPS) is 35.1. The summed E-state index contributed by atoms with van der Waals surface area (Å²) in [6, 6.07) is 1.55. The molecule has 0 aromatic rings. The van der Waals surface area contributed by atoms with E-state index in [1.165, 1.54) is 51.6 Å². The van der Waals surface area contributed by atoms with Crippen LogP contribution >= 0.6 is 0 Å². The quantitative estimate of drug-likeness (QED) is 0.733. The van der Waals surface area contributed by atoms with E-state index in [1.54, 1.807) is 0 Å². The van der Waals surface area contributed by atoms with Gasteiger partial charge in [0.2, 0.25) is 0 Å². The second-order valence-corrected chi connectivity index (χ2v) is 4.11. The van der Waals surface area contributed by atoms with Crippen molar-refractivity contribution in [3.05, 3.63) is 0 Å². The molecule has 0 aromatic heterocycles. The molecule has 2 rings (SSSR count). The van der Waals surface area contributed by atoms with Crippen LogP contribution in [0.1, 0.15) is 38.5 Å². The van der Waals surface area contributed by atoms with Gasteiger partial charge in [0, 0.05) is 33.1 Å². The Morgan fingerprint density at radius 2 is 1.15 bits per heavy atom. The number of hydrogen-bond acceptors (Lipinski definition) is 2. The topological polar surface area (TPSA) is 24.1 Å². The zero-order valence-electron chi connectivity index (χ0n) is 8.13. The molecule has 0 saturated carbocycles. The van der Waals surface area contributed by atoms with Crippen LogP contribution in [-0.2, 0) is 21.1 Å².